The van der Waals surface area contributed by atoms with E-state index >= 15 is 0 Å². The van der Waals surface area contributed by atoms with Crippen LogP contribution in [0, 0.1) is 5.92 Å². The van der Waals surface area contributed by atoms with E-state index in [1.165, 1.54) is 0 Å². The lowest BCUT2D eigenvalue weighted by molar-refractivity contribution is -0.134. The highest BCUT2D eigenvalue weighted by Gasteiger charge is 2.38. The second kappa shape index (κ2) is 8.34. The summed E-state index contributed by atoms with van der Waals surface area (Å²) in [4.78, 5) is 29.0. The normalized spacial score (nSPS) is 24.6. The molecule has 27 heavy (non-hydrogen) atoms. The highest BCUT2D eigenvalue weighted by Crippen LogP contribution is 2.33. The van der Waals surface area contributed by atoms with Crippen molar-refractivity contribution < 1.29 is 14.3 Å². The van der Waals surface area contributed by atoms with Crippen LogP contribution in [0.1, 0.15) is 31.2 Å². The Bertz CT molecular complexity index is 760. The third-order valence-electron chi connectivity index (χ3n) is 5.45. The van der Waals surface area contributed by atoms with E-state index in [9.17, 15) is 9.59 Å². The fraction of sp³-hybridized carbons (Fsp3) is 0.524. The Hall–Kier alpha value is -2.01. The lowest BCUT2D eigenvalue weighted by Gasteiger charge is -2.32. The van der Waals surface area contributed by atoms with E-state index < -0.39 is 0 Å². The second-order valence-electron chi connectivity index (χ2n) is 7.62. The smallest absolute Gasteiger partial charge is 0.226 e. The maximum Gasteiger partial charge on any atom is 0.226 e. The number of carbonyl (C=O) groups is 2. The number of nitrogens with zero attached hydrogens (tertiary/aromatic N) is 2. The van der Waals surface area contributed by atoms with Crippen molar-refractivity contribution in [2.24, 2.45) is 5.92 Å². The lowest BCUT2D eigenvalue weighted by Crippen LogP contribution is -2.41. The summed E-state index contributed by atoms with van der Waals surface area (Å²) in [6, 6.07) is 5.73. The zero-order chi connectivity index (χ0) is 19.6. The van der Waals surface area contributed by atoms with Crippen molar-refractivity contribution in [3.8, 4) is 5.75 Å². The zero-order valence-electron chi connectivity index (χ0n) is 16.2. The van der Waals surface area contributed by atoms with Gasteiger partial charge in [-0.25, -0.2) is 0 Å². The third-order valence-corrected chi connectivity index (χ3v) is 5.80. The van der Waals surface area contributed by atoms with E-state index in [1.54, 1.807) is 13.2 Å². The molecule has 1 aliphatic carbocycles. The number of likely N-dealkylation sites (tertiary alicyclic amines) is 1. The van der Waals surface area contributed by atoms with Gasteiger partial charge in [0.1, 0.15) is 5.75 Å². The van der Waals surface area contributed by atoms with Crippen LogP contribution < -0.4 is 4.74 Å². The molecule has 2 atom stereocenters. The van der Waals surface area contributed by atoms with Crippen LogP contribution in [0.15, 0.2) is 30.0 Å². The molecule has 0 aromatic heterocycles. The van der Waals surface area contributed by atoms with Gasteiger partial charge in [-0.05, 0) is 43.4 Å². The first kappa shape index (κ1) is 19.7. The Morgan fingerprint density at radius 1 is 1.30 bits per heavy atom. The molecule has 1 aromatic carbocycles. The number of carbonyl (C=O) groups excluding carboxylic acids is 2. The Morgan fingerprint density at radius 3 is 2.74 bits per heavy atom. The molecule has 6 heteroatoms. The summed E-state index contributed by atoms with van der Waals surface area (Å²) in [7, 11) is 5.44. The van der Waals surface area contributed by atoms with E-state index in [-0.39, 0.29) is 23.7 Å². The summed E-state index contributed by atoms with van der Waals surface area (Å²) in [5.41, 5.74) is 1.80. The van der Waals surface area contributed by atoms with Gasteiger partial charge in [-0.3, -0.25) is 9.59 Å². The summed E-state index contributed by atoms with van der Waals surface area (Å²) in [5, 5.41) is 0.639. The number of ketones is 1. The summed E-state index contributed by atoms with van der Waals surface area (Å²) in [5.74, 6) is 1.06. The monoisotopic (exact) mass is 390 g/mol. The molecule has 1 amide bonds. The van der Waals surface area contributed by atoms with Crippen LogP contribution in [0.5, 0.6) is 5.75 Å². The molecule has 2 aliphatic rings. The SMILES string of the molecule is COc1ccc(CC2CCN(C3CCC(=O)/C(=C/N(C)C)C3)C2=O)c(Cl)c1. The van der Waals surface area contributed by atoms with Gasteiger partial charge in [0.25, 0.3) is 0 Å². The molecule has 2 fully saturated rings. The second-order valence-corrected chi connectivity index (χ2v) is 8.02. The van der Waals surface area contributed by atoms with Gasteiger partial charge < -0.3 is 14.5 Å². The lowest BCUT2D eigenvalue weighted by atomic mass is 9.89. The van der Waals surface area contributed by atoms with Gasteiger partial charge in [-0.15, -0.1) is 0 Å². The molecule has 1 saturated carbocycles. The minimum atomic E-state index is -0.0465. The van der Waals surface area contributed by atoms with E-state index in [1.807, 2.05) is 42.2 Å². The standard InChI is InChI=1S/C21H27ClN2O3/c1-23(2)13-16-11-17(5-7-20(16)25)24-9-8-15(21(24)26)10-14-4-6-18(27-3)12-19(14)22/h4,6,12-13,15,17H,5,7-11H2,1-3H3/b16-13+. The molecule has 1 aliphatic heterocycles. The third kappa shape index (κ3) is 4.46. The molecular formula is C21H27ClN2O3. The van der Waals surface area contributed by atoms with Crippen molar-refractivity contribution in [1.82, 2.24) is 9.80 Å². The topological polar surface area (TPSA) is 49.9 Å². The number of halogens is 1. The van der Waals surface area contributed by atoms with Crippen molar-refractivity contribution in [3.63, 3.8) is 0 Å². The van der Waals surface area contributed by atoms with Crippen LogP contribution in [-0.2, 0) is 16.0 Å². The van der Waals surface area contributed by atoms with E-state index in [0.29, 0.717) is 24.3 Å². The van der Waals surface area contributed by atoms with E-state index in [0.717, 1.165) is 36.3 Å². The number of methoxy groups -OCH3 is 1. The van der Waals surface area contributed by atoms with Gasteiger partial charge in [0.15, 0.2) is 5.78 Å². The molecule has 146 valence electrons. The molecular weight excluding hydrogens is 364 g/mol. The molecule has 2 unspecified atom stereocenters. The molecule has 0 N–H and O–H groups in total. The van der Waals surface area contributed by atoms with E-state index in [4.69, 9.17) is 16.3 Å². The number of Topliss-reactive ketones (excluding diaryl/α,β-unsaturated/α-hetero) is 1. The Kier molecular flexibility index (Phi) is 6.10. The molecule has 0 spiro atoms. The fourth-order valence-corrected chi connectivity index (χ4v) is 4.28. The number of benzene rings is 1. The average Bonchev–Trinajstić information content (AvgIpc) is 2.99. The van der Waals surface area contributed by atoms with Crippen molar-refractivity contribution >= 4 is 23.3 Å². The van der Waals surface area contributed by atoms with Crippen molar-refractivity contribution in [2.45, 2.75) is 38.1 Å². The van der Waals surface area contributed by atoms with Crippen LogP contribution in [0.4, 0.5) is 0 Å². The first-order chi connectivity index (χ1) is 12.9. The fourth-order valence-electron chi connectivity index (χ4n) is 4.03. The van der Waals surface area contributed by atoms with Gasteiger partial charge in [-0.1, -0.05) is 17.7 Å². The summed E-state index contributed by atoms with van der Waals surface area (Å²) >= 11 is 6.35. The van der Waals surface area contributed by atoms with Crippen LogP contribution in [0.25, 0.3) is 0 Å². The van der Waals surface area contributed by atoms with Gasteiger partial charge in [-0.2, -0.15) is 0 Å². The number of amides is 1. The quantitative estimate of drug-likeness (QED) is 0.724. The molecule has 0 radical (unpaired) electrons. The molecule has 1 aromatic rings. The predicted molar refractivity (Wildman–Crippen MR) is 106 cm³/mol. The van der Waals surface area contributed by atoms with Crippen LogP contribution in [0.3, 0.4) is 0 Å². The van der Waals surface area contributed by atoms with Crippen LogP contribution in [0.2, 0.25) is 5.02 Å². The largest absolute Gasteiger partial charge is 0.497 e. The zero-order valence-corrected chi connectivity index (χ0v) is 17.0. The van der Waals surface area contributed by atoms with Crippen molar-refractivity contribution in [1.29, 1.82) is 0 Å². The summed E-state index contributed by atoms with van der Waals surface area (Å²) in [6.45, 7) is 0.755. The van der Waals surface area contributed by atoms with Crippen LogP contribution in [-0.4, -0.2) is 55.3 Å². The Balaban J connectivity index is 1.67. The van der Waals surface area contributed by atoms with Crippen LogP contribution >= 0.6 is 11.6 Å². The van der Waals surface area contributed by atoms with Gasteiger partial charge in [0.2, 0.25) is 5.91 Å². The molecule has 3 rings (SSSR count). The predicted octanol–water partition coefficient (Wildman–Crippen LogP) is 3.31. The van der Waals surface area contributed by atoms with Gasteiger partial charge >= 0.3 is 0 Å². The highest BCUT2D eigenvalue weighted by molar-refractivity contribution is 6.31. The highest BCUT2D eigenvalue weighted by atomic mass is 35.5. The maximum absolute atomic E-state index is 13.0. The summed E-state index contributed by atoms with van der Waals surface area (Å²) in [6.07, 6.45) is 5.29. The van der Waals surface area contributed by atoms with Gasteiger partial charge in [0, 0.05) is 55.8 Å². The van der Waals surface area contributed by atoms with Gasteiger partial charge in [0.05, 0.1) is 7.11 Å². The minimum absolute atomic E-state index is 0.0465. The number of hydrogen-bond donors (Lipinski definition) is 0. The Morgan fingerprint density at radius 2 is 2.07 bits per heavy atom. The molecule has 0 bridgehead atoms. The number of rotatable bonds is 5. The summed E-state index contributed by atoms with van der Waals surface area (Å²) < 4.78 is 5.19. The van der Waals surface area contributed by atoms with Crippen molar-refractivity contribution in [2.75, 3.05) is 27.7 Å². The molecule has 1 heterocycles. The van der Waals surface area contributed by atoms with E-state index in [2.05, 4.69) is 0 Å². The number of hydrogen-bond acceptors (Lipinski definition) is 4. The Labute approximate surface area is 165 Å². The molecule has 5 nitrogen and oxygen atoms in total. The molecule has 1 saturated heterocycles. The maximum atomic E-state index is 13.0. The van der Waals surface area contributed by atoms with Crippen molar-refractivity contribution in [3.05, 3.63) is 40.6 Å². The first-order valence-corrected chi connectivity index (χ1v) is 9.80. The first-order valence-electron chi connectivity index (χ1n) is 9.42. The minimum Gasteiger partial charge on any atom is -0.497 e. The number of ether oxygens (including phenoxy) is 1. The average molecular weight is 391 g/mol.